The van der Waals surface area contributed by atoms with Crippen LogP contribution in [0.4, 0.5) is 0 Å². The molecule has 0 aliphatic carbocycles. The van der Waals surface area contributed by atoms with Gasteiger partial charge < -0.3 is 10.2 Å². The average Bonchev–Trinajstić information content (AvgIpc) is 3.15. The van der Waals surface area contributed by atoms with Crippen molar-refractivity contribution in [3.8, 4) is 11.3 Å². The molecule has 1 saturated heterocycles. The molecule has 4 nitrogen and oxygen atoms in total. The second kappa shape index (κ2) is 9.37. The standard InChI is InChI=1S/C17H21N3OS.2ClH/c1-12-19-15(14-6-4-3-5-7-14)16(22-12)17(21)20-9-8-13(11-20)10-18-2;;/h3-7,13,18H,8-11H2,1-2H3;2*1H. The van der Waals surface area contributed by atoms with Gasteiger partial charge in [-0.15, -0.1) is 36.2 Å². The molecule has 0 bridgehead atoms. The fourth-order valence-electron chi connectivity index (χ4n) is 2.98. The lowest BCUT2D eigenvalue weighted by molar-refractivity contribution is 0.0792. The maximum Gasteiger partial charge on any atom is 0.266 e. The number of amides is 1. The first kappa shape index (κ1) is 20.9. The number of carbonyl (C=O) groups is 1. The molecule has 0 spiro atoms. The van der Waals surface area contributed by atoms with Gasteiger partial charge in [0.2, 0.25) is 0 Å². The van der Waals surface area contributed by atoms with Gasteiger partial charge in [0.05, 0.1) is 10.7 Å². The number of benzene rings is 1. The first-order valence-electron chi connectivity index (χ1n) is 7.65. The molecule has 24 heavy (non-hydrogen) atoms. The summed E-state index contributed by atoms with van der Waals surface area (Å²) in [7, 11) is 1.96. The molecule has 2 heterocycles. The molecule has 0 saturated carbocycles. The molecule has 0 radical (unpaired) electrons. The Hall–Kier alpha value is -1.14. The largest absolute Gasteiger partial charge is 0.338 e. The van der Waals surface area contributed by atoms with Gasteiger partial charge in [0.1, 0.15) is 4.88 Å². The van der Waals surface area contributed by atoms with Gasteiger partial charge >= 0.3 is 0 Å². The summed E-state index contributed by atoms with van der Waals surface area (Å²) in [5.41, 5.74) is 1.84. The number of likely N-dealkylation sites (tertiary alicyclic amines) is 1. The van der Waals surface area contributed by atoms with Crippen LogP contribution in [0.25, 0.3) is 11.3 Å². The van der Waals surface area contributed by atoms with Crippen LogP contribution in [0.2, 0.25) is 0 Å². The summed E-state index contributed by atoms with van der Waals surface area (Å²) in [6.07, 6.45) is 1.07. The number of nitrogens with one attached hydrogen (secondary N) is 1. The van der Waals surface area contributed by atoms with Crippen molar-refractivity contribution < 1.29 is 4.79 Å². The minimum absolute atomic E-state index is 0. The van der Waals surface area contributed by atoms with Crippen molar-refractivity contribution in [3.05, 3.63) is 40.2 Å². The summed E-state index contributed by atoms with van der Waals surface area (Å²) in [4.78, 5) is 20.2. The zero-order valence-corrected chi connectivity index (χ0v) is 16.3. The molecule has 1 atom stereocenters. The van der Waals surface area contributed by atoms with E-state index < -0.39 is 0 Å². The summed E-state index contributed by atoms with van der Waals surface area (Å²) in [6.45, 7) is 4.61. The van der Waals surface area contributed by atoms with Gasteiger partial charge in [0, 0.05) is 18.7 Å². The third-order valence-electron chi connectivity index (χ3n) is 4.04. The summed E-state index contributed by atoms with van der Waals surface area (Å²) in [5.74, 6) is 0.686. The Morgan fingerprint density at radius 3 is 2.71 bits per heavy atom. The third-order valence-corrected chi connectivity index (χ3v) is 5.00. The lowest BCUT2D eigenvalue weighted by Crippen LogP contribution is -2.30. The maximum atomic E-state index is 12.9. The van der Waals surface area contributed by atoms with E-state index in [9.17, 15) is 4.79 Å². The fourth-order valence-corrected chi connectivity index (χ4v) is 3.89. The number of thiazole rings is 1. The molecule has 1 amide bonds. The van der Waals surface area contributed by atoms with Crippen molar-refractivity contribution in [1.82, 2.24) is 15.2 Å². The fraction of sp³-hybridized carbons (Fsp3) is 0.412. The van der Waals surface area contributed by atoms with Crippen molar-refractivity contribution in [2.75, 3.05) is 26.7 Å². The van der Waals surface area contributed by atoms with E-state index in [1.165, 1.54) is 11.3 Å². The molecule has 1 aromatic heterocycles. The van der Waals surface area contributed by atoms with Crippen molar-refractivity contribution in [2.45, 2.75) is 13.3 Å². The summed E-state index contributed by atoms with van der Waals surface area (Å²) in [5, 5.41) is 4.14. The Bertz CT molecular complexity index is 663. The highest BCUT2D eigenvalue weighted by atomic mass is 35.5. The molecule has 1 unspecified atom stereocenters. The number of halogens is 2. The van der Waals surface area contributed by atoms with Crippen LogP contribution in [0.3, 0.4) is 0 Å². The van der Waals surface area contributed by atoms with Crippen LogP contribution in [-0.2, 0) is 0 Å². The van der Waals surface area contributed by atoms with Gasteiger partial charge in [0.15, 0.2) is 0 Å². The Balaban J connectivity index is 0.00000144. The van der Waals surface area contributed by atoms with E-state index in [0.717, 1.165) is 47.2 Å². The highest BCUT2D eigenvalue weighted by Gasteiger charge is 2.29. The Labute approximate surface area is 159 Å². The lowest BCUT2D eigenvalue weighted by Gasteiger charge is -2.16. The third kappa shape index (κ3) is 4.48. The predicted molar refractivity (Wildman–Crippen MR) is 105 cm³/mol. The highest BCUT2D eigenvalue weighted by molar-refractivity contribution is 7.14. The Morgan fingerprint density at radius 1 is 1.33 bits per heavy atom. The molecular weight excluding hydrogens is 365 g/mol. The first-order valence-corrected chi connectivity index (χ1v) is 8.47. The van der Waals surface area contributed by atoms with Crippen molar-refractivity contribution in [1.29, 1.82) is 0 Å². The molecule has 132 valence electrons. The van der Waals surface area contributed by atoms with Gasteiger partial charge in [-0.3, -0.25) is 4.79 Å². The van der Waals surface area contributed by atoms with Crippen LogP contribution in [0, 0.1) is 12.8 Å². The van der Waals surface area contributed by atoms with Crippen LogP contribution in [0.15, 0.2) is 30.3 Å². The predicted octanol–water partition coefficient (Wildman–Crippen LogP) is 3.64. The molecule has 2 aromatic rings. The van der Waals surface area contributed by atoms with E-state index >= 15 is 0 Å². The monoisotopic (exact) mass is 387 g/mol. The summed E-state index contributed by atoms with van der Waals surface area (Å²) >= 11 is 1.50. The average molecular weight is 388 g/mol. The molecule has 1 fully saturated rings. The number of hydrogen-bond donors (Lipinski definition) is 1. The van der Waals surface area contributed by atoms with E-state index in [4.69, 9.17) is 0 Å². The van der Waals surface area contributed by atoms with Crippen LogP contribution < -0.4 is 5.32 Å². The smallest absolute Gasteiger partial charge is 0.266 e. The number of carbonyl (C=O) groups excluding carboxylic acids is 1. The number of nitrogens with zero attached hydrogens (tertiary/aromatic N) is 2. The second-order valence-corrected chi connectivity index (χ2v) is 6.94. The SMILES string of the molecule is CNCC1CCN(C(=O)c2sc(C)nc2-c2ccccc2)C1.Cl.Cl. The van der Waals surface area contributed by atoms with Crippen molar-refractivity contribution >= 4 is 42.1 Å². The highest BCUT2D eigenvalue weighted by Crippen LogP contribution is 2.30. The maximum absolute atomic E-state index is 12.9. The second-order valence-electron chi connectivity index (χ2n) is 5.74. The molecular formula is C17H23Cl2N3OS. The minimum Gasteiger partial charge on any atom is -0.338 e. The number of aryl methyl sites for hydroxylation is 1. The van der Waals surface area contributed by atoms with E-state index in [2.05, 4.69) is 10.3 Å². The Kier molecular flexibility index (Phi) is 8.16. The van der Waals surface area contributed by atoms with Gasteiger partial charge in [-0.05, 0) is 32.9 Å². The molecule has 7 heteroatoms. The first-order chi connectivity index (χ1) is 10.7. The van der Waals surface area contributed by atoms with Crippen LogP contribution >= 0.6 is 36.2 Å². The van der Waals surface area contributed by atoms with E-state index in [1.807, 2.05) is 49.2 Å². The number of hydrogen-bond acceptors (Lipinski definition) is 4. The zero-order chi connectivity index (χ0) is 15.5. The van der Waals surface area contributed by atoms with E-state index in [1.54, 1.807) is 0 Å². The van der Waals surface area contributed by atoms with Gasteiger partial charge in [-0.2, -0.15) is 0 Å². The van der Waals surface area contributed by atoms with Crippen LogP contribution in [0.1, 0.15) is 21.1 Å². The van der Waals surface area contributed by atoms with Crippen LogP contribution in [-0.4, -0.2) is 42.5 Å². The molecule has 1 aliphatic heterocycles. The summed E-state index contributed by atoms with van der Waals surface area (Å²) < 4.78 is 0. The molecule has 1 aliphatic rings. The lowest BCUT2D eigenvalue weighted by atomic mass is 10.1. The van der Waals surface area contributed by atoms with Gasteiger partial charge in [-0.1, -0.05) is 30.3 Å². The molecule has 1 N–H and O–H groups in total. The molecule has 1 aromatic carbocycles. The van der Waals surface area contributed by atoms with Gasteiger partial charge in [0.25, 0.3) is 5.91 Å². The molecule has 3 rings (SSSR count). The number of aromatic nitrogens is 1. The van der Waals surface area contributed by atoms with Crippen molar-refractivity contribution in [2.24, 2.45) is 5.92 Å². The minimum atomic E-state index is 0. The number of rotatable bonds is 4. The zero-order valence-electron chi connectivity index (χ0n) is 13.8. The van der Waals surface area contributed by atoms with E-state index in [-0.39, 0.29) is 30.7 Å². The van der Waals surface area contributed by atoms with E-state index in [0.29, 0.717) is 5.92 Å². The normalized spacial score (nSPS) is 16.4. The van der Waals surface area contributed by atoms with Crippen molar-refractivity contribution in [3.63, 3.8) is 0 Å². The quantitative estimate of drug-likeness (QED) is 0.870. The topological polar surface area (TPSA) is 45.2 Å². The summed E-state index contributed by atoms with van der Waals surface area (Å²) in [6, 6.07) is 9.97. The van der Waals surface area contributed by atoms with Crippen LogP contribution in [0.5, 0.6) is 0 Å². The Morgan fingerprint density at radius 2 is 2.04 bits per heavy atom. The van der Waals surface area contributed by atoms with Gasteiger partial charge in [-0.25, -0.2) is 4.98 Å².